The predicted molar refractivity (Wildman–Crippen MR) is 88.8 cm³/mol. The number of carboxylic acid groups (broad SMARTS) is 1. The number of carboxylic acids is 1. The number of fused-ring (bicyclic) bond motifs is 1. The minimum Gasteiger partial charge on any atom is -0.478 e. The van der Waals surface area contributed by atoms with Gasteiger partial charge < -0.3 is 9.67 Å². The van der Waals surface area contributed by atoms with Crippen LogP contribution in [-0.4, -0.2) is 15.6 Å². The molecule has 1 aromatic heterocycles. The maximum absolute atomic E-state index is 10.9. The standard InChI is InChI=1S/C19H17NO2/c1-14(19(21)22)11-16-7-8-18-17(12-16)9-10-20(18)13-15-5-3-2-4-6-15/h2-12H,13H2,1H3,(H,21,22)/b14-11+. The smallest absolute Gasteiger partial charge is 0.331 e. The minimum absolute atomic E-state index is 0.336. The fourth-order valence-corrected chi connectivity index (χ4v) is 2.54. The second-order valence-corrected chi connectivity index (χ2v) is 5.38. The van der Waals surface area contributed by atoms with E-state index in [1.54, 1.807) is 13.0 Å². The molecule has 0 bridgehead atoms. The molecule has 3 aromatic rings. The van der Waals surface area contributed by atoms with Gasteiger partial charge in [-0.3, -0.25) is 0 Å². The number of carbonyl (C=O) groups is 1. The molecule has 0 aliphatic rings. The van der Waals surface area contributed by atoms with E-state index in [0.717, 1.165) is 23.0 Å². The third-order valence-electron chi connectivity index (χ3n) is 3.71. The topological polar surface area (TPSA) is 42.2 Å². The normalized spacial score (nSPS) is 11.8. The summed E-state index contributed by atoms with van der Waals surface area (Å²) in [6.07, 6.45) is 3.76. The van der Waals surface area contributed by atoms with Crippen LogP contribution < -0.4 is 0 Å². The van der Waals surface area contributed by atoms with Crippen LogP contribution in [0.1, 0.15) is 18.1 Å². The number of hydrogen-bond acceptors (Lipinski definition) is 1. The third kappa shape index (κ3) is 2.93. The number of aromatic nitrogens is 1. The van der Waals surface area contributed by atoms with Crippen LogP contribution in [0.5, 0.6) is 0 Å². The number of hydrogen-bond donors (Lipinski definition) is 1. The Morgan fingerprint density at radius 3 is 2.64 bits per heavy atom. The average Bonchev–Trinajstić information content (AvgIpc) is 2.90. The molecule has 3 nitrogen and oxygen atoms in total. The van der Waals surface area contributed by atoms with Gasteiger partial charge in [0.2, 0.25) is 0 Å². The summed E-state index contributed by atoms with van der Waals surface area (Å²) in [6, 6.07) is 18.4. The molecule has 1 heterocycles. The molecule has 110 valence electrons. The van der Waals surface area contributed by atoms with E-state index in [9.17, 15) is 4.79 Å². The highest BCUT2D eigenvalue weighted by Gasteiger charge is 2.04. The third-order valence-corrected chi connectivity index (χ3v) is 3.71. The second-order valence-electron chi connectivity index (χ2n) is 5.38. The van der Waals surface area contributed by atoms with Crippen molar-refractivity contribution in [3.05, 3.63) is 77.5 Å². The van der Waals surface area contributed by atoms with Crippen LogP contribution >= 0.6 is 0 Å². The highest BCUT2D eigenvalue weighted by Crippen LogP contribution is 2.20. The van der Waals surface area contributed by atoms with Gasteiger partial charge in [0.1, 0.15) is 0 Å². The van der Waals surface area contributed by atoms with Gasteiger partial charge in [-0.2, -0.15) is 0 Å². The van der Waals surface area contributed by atoms with Crippen LogP contribution in [0.2, 0.25) is 0 Å². The van der Waals surface area contributed by atoms with Gasteiger partial charge in [0.25, 0.3) is 0 Å². The largest absolute Gasteiger partial charge is 0.478 e. The van der Waals surface area contributed by atoms with Crippen LogP contribution in [-0.2, 0) is 11.3 Å². The van der Waals surface area contributed by atoms with Gasteiger partial charge in [-0.25, -0.2) is 4.79 Å². The van der Waals surface area contributed by atoms with Crippen LogP contribution in [0.15, 0.2) is 66.4 Å². The van der Waals surface area contributed by atoms with E-state index in [4.69, 9.17) is 5.11 Å². The molecular formula is C19H17NO2. The highest BCUT2D eigenvalue weighted by atomic mass is 16.4. The van der Waals surface area contributed by atoms with Gasteiger partial charge in [-0.15, -0.1) is 0 Å². The van der Waals surface area contributed by atoms with Crippen molar-refractivity contribution < 1.29 is 9.90 Å². The van der Waals surface area contributed by atoms with Crippen molar-refractivity contribution in [2.75, 3.05) is 0 Å². The molecule has 0 fully saturated rings. The summed E-state index contributed by atoms with van der Waals surface area (Å²) in [4.78, 5) is 10.9. The Kier molecular flexibility index (Phi) is 3.79. The summed E-state index contributed by atoms with van der Waals surface area (Å²) < 4.78 is 2.20. The molecule has 0 atom stereocenters. The quantitative estimate of drug-likeness (QED) is 0.733. The van der Waals surface area contributed by atoms with Gasteiger partial charge in [-0.05, 0) is 42.3 Å². The van der Waals surface area contributed by atoms with Crippen LogP contribution in [0.4, 0.5) is 0 Å². The summed E-state index contributed by atoms with van der Waals surface area (Å²) >= 11 is 0. The lowest BCUT2D eigenvalue weighted by molar-refractivity contribution is -0.132. The van der Waals surface area contributed by atoms with E-state index in [-0.39, 0.29) is 0 Å². The van der Waals surface area contributed by atoms with E-state index < -0.39 is 5.97 Å². The summed E-state index contributed by atoms with van der Waals surface area (Å²) in [5, 5.41) is 10.1. The predicted octanol–water partition coefficient (Wildman–Crippen LogP) is 4.18. The van der Waals surface area contributed by atoms with Crippen molar-refractivity contribution >= 4 is 22.9 Å². The zero-order chi connectivity index (χ0) is 15.5. The van der Waals surface area contributed by atoms with E-state index in [2.05, 4.69) is 29.0 Å². The molecule has 3 heteroatoms. The maximum atomic E-state index is 10.9. The van der Waals surface area contributed by atoms with Gasteiger partial charge in [0.05, 0.1) is 0 Å². The molecule has 0 amide bonds. The van der Waals surface area contributed by atoms with Crippen molar-refractivity contribution in [3.8, 4) is 0 Å². The van der Waals surface area contributed by atoms with E-state index in [0.29, 0.717) is 5.57 Å². The van der Waals surface area contributed by atoms with Crippen molar-refractivity contribution in [2.45, 2.75) is 13.5 Å². The maximum Gasteiger partial charge on any atom is 0.331 e. The number of aliphatic carboxylic acids is 1. The molecule has 0 aliphatic carbocycles. The first-order chi connectivity index (χ1) is 10.6. The SMILES string of the molecule is C/C(=C\c1ccc2c(ccn2Cc2ccccc2)c1)C(=O)O. The average molecular weight is 291 g/mol. The van der Waals surface area contributed by atoms with Gasteiger partial charge >= 0.3 is 5.97 Å². The molecule has 0 saturated carbocycles. The lowest BCUT2D eigenvalue weighted by atomic mass is 10.1. The molecule has 0 radical (unpaired) electrons. The molecule has 0 saturated heterocycles. The first kappa shape index (κ1) is 14.1. The molecule has 2 aromatic carbocycles. The highest BCUT2D eigenvalue weighted by molar-refractivity contribution is 5.92. The Morgan fingerprint density at radius 1 is 1.14 bits per heavy atom. The van der Waals surface area contributed by atoms with E-state index in [1.165, 1.54) is 5.56 Å². The first-order valence-corrected chi connectivity index (χ1v) is 7.18. The summed E-state index contributed by atoms with van der Waals surface area (Å²) in [6.45, 7) is 2.43. The molecule has 22 heavy (non-hydrogen) atoms. The summed E-state index contributed by atoms with van der Waals surface area (Å²) in [5.74, 6) is -0.887. The zero-order valence-corrected chi connectivity index (χ0v) is 12.4. The van der Waals surface area contributed by atoms with Crippen LogP contribution in [0.3, 0.4) is 0 Å². The molecule has 0 aliphatic heterocycles. The Bertz CT molecular complexity index is 844. The molecule has 1 N–H and O–H groups in total. The Hall–Kier alpha value is -2.81. The minimum atomic E-state index is -0.887. The number of benzene rings is 2. The summed E-state index contributed by atoms with van der Waals surface area (Å²) in [5.41, 5.74) is 3.65. The van der Waals surface area contributed by atoms with E-state index >= 15 is 0 Å². The van der Waals surface area contributed by atoms with Crippen LogP contribution in [0, 0.1) is 0 Å². The Balaban J connectivity index is 1.93. The molecular weight excluding hydrogens is 274 g/mol. The monoisotopic (exact) mass is 291 g/mol. The number of rotatable bonds is 4. The zero-order valence-electron chi connectivity index (χ0n) is 12.4. The first-order valence-electron chi connectivity index (χ1n) is 7.18. The Labute approximate surface area is 129 Å². The molecule has 0 unspecified atom stereocenters. The van der Waals surface area contributed by atoms with Crippen LogP contribution in [0.25, 0.3) is 17.0 Å². The van der Waals surface area contributed by atoms with Gasteiger partial charge in [-0.1, -0.05) is 36.4 Å². The number of nitrogens with zero attached hydrogens (tertiary/aromatic N) is 1. The summed E-state index contributed by atoms with van der Waals surface area (Å²) in [7, 11) is 0. The van der Waals surface area contributed by atoms with Gasteiger partial charge in [0, 0.05) is 29.2 Å². The van der Waals surface area contributed by atoms with E-state index in [1.807, 2.05) is 36.4 Å². The van der Waals surface area contributed by atoms with Gasteiger partial charge in [0.15, 0.2) is 0 Å². The molecule has 3 rings (SSSR count). The lowest BCUT2D eigenvalue weighted by Gasteiger charge is -2.06. The fraction of sp³-hybridized carbons (Fsp3) is 0.105. The van der Waals surface area contributed by atoms with Crippen molar-refractivity contribution in [1.82, 2.24) is 4.57 Å². The second kappa shape index (κ2) is 5.90. The fourth-order valence-electron chi connectivity index (χ4n) is 2.54. The lowest BCUT2D eigenvalue weighted by Crippen LogP contribution is -1.97. The van der Waals surface area contributed by atoms with Crippen molar-refractivity contribution in [2.24, 2.45) is 0 Å². The van der Waals surface area contributed by atoms with Crippen molar-refractivity contribution in [3.63, 3.8) is 0 Å². The van der Waals surface area contributed by atoms with Crippen molar-refractivity contribution in [1.29, 1.82) is 0 Å². The molecule has 0 spiro atoms. The Morgan fingerprint density at radius 2 is 1.91 bits per heavy atom.